The Balaban J connectivity index is 1.70. The number of thiol groups is 1. The van der Waals surface area contributed by atoms with Crippen molar-refractivity contribution < 1.29 is 19.1 Å². The molecule has 3 aromatic rings. The van der Waals surface area contributed by atoms with E-state index in [1.165, 1.54) is 23.5 Å². The van der Waals surface area contributed by atoms with E-state index in [9.17, 15) is 14.0 Å². The fourth-order valence-electron chi connectivity index (χ4n) is 2.88. The maximum Gasteiger partial charge on any atom is 0.305 e. The number of carbonyl (C=O) groups is 2. The van der Waals surface area contributed by atoms with Gasteiger partial charge in [0.05, 0.1) is 22.3 Å². The van der Waals surface area contributed by atoms with E-state index < -0.39 is 22.9 Å². The van der Waals surface area contributed by atoms with Crippen LogP contribution in [-0.4, -0.2) is 32.2 Å². The average Bonchev–Trinajstić information content (AvgIpc) is 2.99. The topological polar surface area (TPSA) is 92.2 Å². The number of rotatable bonds is 4. The number of hydrogen-bond acceptors (Lipinski definition) is 6. The fourth-order valence-corrected chi connectivity index (χ4v) is 6.30. The monoisotopic (exact) mass is 391 g/mol. The lowest BCUT2D eigenvalue weighted by molar-refractivity contribution is -0.138. The van der Waals surface area contributed by atoms with Crippen molar-refractivity contribution >= 4 is 49.2 Å². The number of aliphatic carboxylic acids is 1. The molecule has 0 fully saturated rings. The molecule has 0 bridgehead atoms. The number of carbonyl (C=O) groups excluding carboxylic acids is 1. The number of anilines is 1. The summed E-state index contributed by atoms with van der Waals surface area (Å²) in [6.07, 6.45) is 1.34. The molecule has 2 N–H and O–H groups in total. The second-order valence-electron chi connectivity index (χ2n) is 5.81. The van der Waals surface area contributed by atoms with Crippen molar-refractivity contribution in [1.82, 2.24) is 9.97 Å². The Bertz CT molecular complexity index is 1020. The van der Waals surface area contributed by atoms with E-state index in [0.717, 1.165) is 9.71 Å². The average molecular weight is 391 g/mol. The Kier molecular flexibility index (Phi) is 4.33. The molecular formula is C17H14FN3O3S2. The molecule has 0 saturated carbocycles. The number of halogens is 1. The molecule has 4 rings (SSSR count). The molecule has 1 aliphatic heterocycles. The minimum atomic E-state index is -1.36. The van der Waals surface area contributed by atoms with Gasteiger partial charge in [0, 0.05) is 18.0 Å². The molecule has 0 saturated heterocycles. The normalized spacial score (nSPS) is 20.6. The Morgan fingerprint density at radius 1 is 1.38 bits per heavy atom. The first-order chi connectivity index (χ1) is 12.5. The van der Waals surface area contributed by atoms with E-state index in [4.69, 9.17) is 5.11 Å². The molecule has 3 heterocycles. The number of carboxylic acid groups (broad SMARTS) is 1. The van der Waals surface area contributed by atoms with Crippen LogP contribution in [-0.2, 0) is 15.3 Å². The van der Waals surface area contributed by atoms with Gasteiger partial charge >= 0.3 is 5.97 Å². The van der Waals surface area contributed by atoms with Crippen LogP contribution >= 0.6 is 22.2 Å². The number of fused-ring (bicyclic) bond motifs is 2. The molecule has 9 heteroatoms. The number of thiazole rings is 1. The summed E-state index contributed by atoms with van der Waals surface area (Å²) < 4.78 is 14.2. The van der Waals surface area contributed by atoms with Gasteiger partial charge in [-0.3, -0.25) is 9.59 Å². The van der Waals surface area contributed by atoms with Gasteiger partial charge in [0.1, 0.15) is 21.9 Å². The second kappa shape index (κ2) is 6.65. The Morgan fingerprint density at radius 3 is 3.04 bits per heavy atom. The zero-order valence-electron chi connectivity index (χ0n) is 13.3. The fraction of sp³-hybridized carbons (Fsp3) is 0.176. The molecule has 0 amide bonds. The molecular weight excluding hydrogens is 377 g/mol. The highest BCUT2D eigenvalue weighted by Gasteiger charge is 2.35. The first-order valence-corrected chi connectivity index (χ1v) is 10.2. The van der Waals surface area contributed by atoms with Crippen molar-refractivity contribution in [2.45, 2.75) is 23.2 Å². The number of benzene rings is 1. The van der Waals surface area contributed by atoms with Gasteiger partial charge in [-0.15, -0.1) is 22.2 Å². The predicted molar refractivity (Wildman–Crippen MR) is 99.4 cm³/mol. The lowest BCUT2D eigenvalue weighted by atomic mass is 10.2. The second-order valence-corrected chi connectivity index (χ2v) is 8.97. The van der Waals surface area contributed by atoms with Crippen molar-refractivity contribution in [1.29, 1.82) is 0 Å². The molecule has 134 valence electrons. The number of nitrogens with one attached hydrogen (secondary N) is 1. The third-order valence-corrected chi connectivity index (χ3v) is 7.58. The Morgan fingerprint density at radius 2 is 2.23 bits per heavy atom. The number of carboxylic acids is 1. The Hall–Kier alpha value is -2.52. The van der Waals surface area contributed by atoms with Crippen LogP contribution in [0.15, 0.2) is 41.6 Å². The van der Waals surface area contributed by atoms with Gasteiger partial charge in [0.25, 0.3) is 0 Å². The molecule has 6 nitrogen and oxygen atoms in total. The third-order valence-electron chi connectivity index (χ3n) is 4.00. The van der Waals surface area contributed by atoms with Gasteiger partial charge in [-0.2, -0.15) is 0 Å². The summed E-state index contributed by atoms with van der Waals surface area (Å²) in [5.74, 6) is -1.02. The van der Waals surface area contributed by atoms with Gasteiger partial charge in [0.15, 0.2) is 5.12 Å². The summed E-state index contributed by atoms with van der Waals surface area (Å²) in [6, 6.07) is 7.18. The summed E-state index contributed by atoms with van der Waals surface area (Å²) in [4.78, 5) is 32.8. The van der Waals surface area contributed by atoms with Gasteiger partial charge in [-0.1, -0.05) is 0 Å². The lowest BCUT2D eigenvalue weighted by Crippen LogP contribution is -2.36. The summed E-state index contributed by atoms with van der Waals surface area (Å²) in [6.45, 7) is 0. The largest absolute Gasteiger partial charge is 0.481 e. The Labute approximate surface area is 154 Å². The van der Waals surface area contributed by atoms with Crippen LogP contribution in [0.5, 0.6) is 0 Å². The molecule has 26 heavy (non-hydrogen) atoms. The number of hydrogen-bond donors (Lipinski definition) is 3. The highest BCUT2D eigenvalue weighted by molar-refractivity contribution is 8.29. The van der Waals surface area contributed by atoms with E-state index >= 15 is 0 Å². The third kappa shape index (κ3) is 3.15. The van der Waals surface area contributed by atoms with Crippen molar-refractivity contribution in [2.75, 3.05) is 5.32 Å². The van der Waals surface area contributed by atoms with E-state index in [1.54, 1.807) is 24.4 Å². The molecule has 1 aliphatic rings. The number of pyridine rings is 1. The van der Waals surface area contributed by atoms with Crippen LogP contribution in [0, 0.1) is 5.82 Å². The summed E-state index contributed by atoms with van der Waals surface area (Å²) in [7, 11) is -1.36. The SMILES string of the molecule is O=C(O)CC1Nc2cccnc2[SH](Cc2nc3cc(F)ccc3s2)C1=O. The highest BCUT2D eigenvalue weighted by atomic mass is 32.2. The number of nitrogens with zero attached hydrogens (tertiary/aromatic N) is 2. The van der Waals surface area contributed by atoms with E-state index in [-0.39, 0.29) is 17.4 Å². The predicted octanol–water partition coefficient (Wildman–Crippen LogP) is 3.19. The minimum Gasteiger partial charge on any atom is -0.481 e. The first kappa shape index (κ1) is 16.9. The van der Waals surface area contributed by atoms with Gasteiger partial charge in [-0.25, -0.2) is 14.4 Å². The molecule has 2 atom stereocenters. The molecule has 1 aromatic carbocycles. The van der Waals surface area contributed by atoms with Gasteiger partial charge in [0.2, 0.25) is 0 Å². The standard InChI is InChI=1S/C17H14FN3O3S2/c18-9-3-4-13-11(6-9)21-14(25-13)8-26-16-10(2-1-5-19-16)20-12(17(26)24)7-15(22)23/h1-6,12,20,26H,7-8H2,(H,22,23). The highest BCUT2D eigenvalue weighted by Crippen LogP contribution is 2.48. The van der Waals surface area contributed by atoms with E-state index in [2.05, 4.69) is 15.3 Å². The van der Waals surface area contributed by atoms with Crippen molar-refractivity contribution in [3.8, 4) is 0 Å². The van der Waals surface area contributed by atoms with Crippen LogP contribution in [0.2, 0.25) is 0 Å². The zero-order chi connectivity index (χ0) is 18.3. The zero-order valence-corrected chi connectivity index (χ0v) is 15.1. The lowest BCUT2D eigenvalue weighted by Gasteiger charge is -2.32. The van der Waals surface area contributed by atoms with Crippen molar-refractivity contribution in [3.63, 3.8) is 0 Å². The summed E-state index contributed by atoms with van der Waals surface area (Å²) in [5.41, 5.74) is 1.25. The smallest absolute Gasteiger partial charge is 0.305 e. The molecule has 0 spiro atoms. The van der Waals surface area contributed by atoms with Crippen LogP contribution in [0.25, 0.3) is 10.2 Å². The molecule has 2 aromatic heterocycles. The van der Waals surface area contributed by atoms with E-state index in [1.807, 2.05) is 0 Å². The molecule has 0 radical (unpaired) electrons. The molecule has 2 unspecified atom stereocenters. The van der Waals surface area contributed by atoms with Crippen LogP contribution in [0.1, 0.15) is 11.4 Å². The van der Waals surface area contributed by atoms with Crippen molar-refractivity contribution in [3.05, 3.63) is 47.4 Å². The van der Waals surface area contributed by atoms with Crippen LogP contribution < -0.4 is 5.32 Å². The van der Waals surface area contributed by atoms with Crippen molar-refractivity contribution in [2.24, 2.45) is 0 Å². The van der Waals surface area contributed by atoms with Gasteiger partial charge < -0.3 is 10.4 Å². The first-order valence-electron chi connectivity index (χ1n) is 7.81. The summed E-state index contributed by atoms with van der Waals surface area (Å²) in [5, 5.41) is 13.3. The van der Waals surface area contributed by atoms with E-state index in [0.29, 0.717) is 22.0 Å². The van der Waals surface area contributed by atoms with Gasteiger partial charge in [-0.05, 0) is 24.3 Å². The van der Waals surface area contributed by atoms with Crippen LogP contribution in [0.3, 0.4) is 0 Å². The maximum absolute atomic E-state index is 13.4. The molecule has 0 aliphatic carbocycles. The number of aromatic nitrogens is 2. The quantitative estimate of drug-likeness (QED) is 0.592. The minimum absolute atomic E-state index is 0.154. The summed E-state index contributed by atoms with van der Waals surface area (Å²) >= 11 is 1.41. The maximum atomic E-state index is 13.4. The van der Waals surface area contributed by atoms with Crippen LogP contribution in [0.4, 0.5) is 10.1 Å².